The maximum atomic E-state index is 13.0. The molecule has 0 aliphatic heterocycles. The molecule has 0 saturated heterocycles. The van der Waals surface area contributed by atoms with Gasteiger partial charge in [-0.2, -0.15) is 0 Å². The average molecular weight is 439 g/mol. The predicted molar refractivity (Wildman–Crippen MR) is 122 cm³/mol. The Morgan fingerprint density at radius 3 is 2.23 bits per heavy atom. The van der Waals surface area contributed by atoms with Crippen LogP contribution in [-0.4, -0.2) is 34.5 Å². The number of carbonyl (C=O) groups excluding carboxylic acids is 1. The van der Waals surface area contributed by atoms with Crippen LogP contribution in [-0.2, 0) is 10.0 Å². The fourth-order valence-corrected chi connectivity index (χ4v) is 4.50. The summed E-state index contributed by atoms with van der Waals surface area (Å²) in [4.78, 5) is 12.9. The maximum absolute atomic E-state index is 13.0. The van der Waals surface area contributed by atoms with E-state index in [0.29, 0.717) is 12.3 Å². The van der Waals surface area contributed by atoms with Crippen molar-refractivity contribution < 1.29 is 17.9 Å². The van der Waals surface area contributed by atoms with Gasteiger partial charge in [-0.1, -0.05) is 36.4 Å². The summed E-state index contributed by atoms with van der Waals surface area (Å²) >= 11 is 0. The Labute approximate surface area is 183 Å². The van der Waals surface area contributed by atoms with Gasteiger partial charge in [0.15, 0.2) is 0 Å². The van der Waals surface area contributed by atoms with E-state index in [1.807, 2.05) is 26.0 Å². The van der Waals surface area contributed by atoms with Crippen molar-refractivity contribution >= 4 is 21.6 Å². The van der Waals surface area contributed by atoms with Gasteiger partial charge >= 0.3 is 0 Å². The monoisotopic (exact) mass is 438 g/mol. The van der Waals surface area contributed by atoms with Crippen molar-refractivity contribution in [1.29, 1.82) is 0 Å². The second-order valence-electron chi connectivity index (χ2n) is 7.23. The molecule has 6 nitrogen and oxygen atoms in total. The molecule has 162 valence electrons. The van der Waals surface area contributed by atoms with Gasteiger partial charge in [0, 0.05) is 7.05 Å². The smallest absolute Gasteiger partial charge is 0.264 e. The summed E-state index contributed by atoms with van der Waals surface area (Å²) in [5, 5.41) is 2.80. The van der Waals surface area contributed by atoms with Crippen molar-refractivity contribution in [1.82, 2.24) is 5.32 Å². The second kappa shape index (κ2) is 9.66. The summed E-state index contributed by atoms with van der Waals surface area (Å²) < 4.78 is 32.8. The highest BCUT2D eigenvalue weighted by Crippen LogP contribution is 2.25. The summed E-state index contributed by atoms with van der Waals surface area (Å²) in [5.74, 6) is 0.385. The molecule has 0 heterocycles. The standard InChI is InChI=1S/C24H26N2O4S/c1-18-15-19(2)17-20(16-18)30-14-13-25-24(27)22-11-7-8-12-23(22)26(3)31(28,29)21-9-5-4-6-10-21/h4-12,15-17H,13-14H2,1-3H3,(H,25,27). The number of sulfonamides is 1. The van der Waals surface area contributed by atoms with Gasteiger partial charge in [0.05, 0.1) is 22.7 Å². The van der Waals surface area contributed by atoms with Gasteiger partial charge in [-0.25, -0.2) is 8.42 Å². The lowest BCUT2D eigenvalue weighted by Gasteiger charge is -2.22. The van der Waals surface area contributed by atoms with E-state index in [1.54, 1.807) is 42.5 Å². The minimum Gasteiger partial charge on any atom is -0.492 e. The Balaban J connectivity index is 1.68. The number of carbonyl (C=O) groups is 1. The molecule has 3 aromatic carbocycles. The third-order valence-corrected chi connectivity index (χ3v) is 6.53. The quantitative estimate of drug-likeness (QED) is 0.541. The van der Waals surface area contributed by atoms with Gasteiger partial charge in [-0.3, -0.25) is 9.10 Å². The highest BCUT2D eigenvalue weighted by atomic mass is 32.2. The van der Waals surface area contributed by atoms with Crippen molar-refractivity contribution in [3.8, 4) is 5.75 Å². The molecule has 0 bridgehead atoms. The molecule has 0 aliphatic rings. The fraction of sp³-hybridized carbons (Fsp3) is 0.208. The number of anilines is 1. The minimum absolute atomic E-state index is 0.162. The van der Waals surface area contributed by atoms with Crippen LogP contribution in [0.5, 0.6) is 5.75 Å². The van der Waals surface area contributed by atoms with Gasteiger partial charge < -0.3 is 10.1 Å². The fourth-order valence-electron chi connectivity index (χ4n) is 3.27. The van der Waals surface area contributed by atoms with Gasteiger partial charge in [0.25, 0.3) is 15.9 Å². The third-order valence-electron chi connectivity index (χ3n) is 4.74. The van der Waals surface area contributed by atoms with Crippen LogP contribution in [0.15, 0.2) is 77.7 Å². The first-order valence-electron chi connectivity index (χ1n) is 9.91. The number of ether oxygens (including phenoxy) is 1. The summed E-state index contributed by atoms with van der Waals surface area (Å²) in [7, 11) is -2.35. The molecule has 0 aliphatic carbocycles. The van der Waals surface area contributed by atoms with E-state index in [-0.39, 0.29) is 22.9 Å². The zero-order valence-electron chi connectivity index (χ0n) is 17.8. The van der Waals surface area contributed by atoms with Gasteiger partial charge in [0.1, 0.15) is 12.4 Å². The number of amides is 1. The number of nitrogens with zero attached hydrogens (tertiary/aromatic N) is 1. The molecule has 0 saturated carbocycles. The maximum Gasteiger partial charge on any atom is 0.264 e. The number of benzene rings is 3. The Morgan fingerprint density at radius 1 is 0.935 bits per heavy atom. The first kappa shape index (κ1) is 22.4. The Morgan fingerprint density at radius 2 is 1.55 bits per heavy atom. The normalized spacial score (nSPS) is 11.1. The molecule has 31 heavy (non-hydrogen) atoms. The molecule has 3 aromatic rings. The van der Waals surface area contributed by atoms with Crippen molar-refractivity contribution in [2.24, 2.45) is 0 Å². The van der Waals surface area contributed by atoms with Gasteiger partial charge in [-0.05, 0) is 61.4 Å². The predicted octanol–water partition coefficient (Wildman–Crippen LogP) is 3.94. The SMILES string of the molecule is Cc1cc(C)cc(OCCNC(=O)c2ccccc2N(C)S(=O)(=O)c2ccccc2)c1. The van der Waals surface area contributed by atoms with Crippen LogP contribution in [0.25, 0.3) is 0 Å². The van der Waals surface area contributed by atoms with Crippen LogP contribution in [0.2, 0.25) is 0 Å². The summed E-state index contributed by atoms with van der Waals surface area (Å²) in [5.41, 5.74) is 2.79. The molecular formula is C24H26N2O4S. The van der Waals surface area contributed by atoms with E-state index in [2.05, 4.69) is 11.4 Å². The van der Waals surface area contributed by atoms with Crippen LogP contribution in [0.3, 0.4) is 0 Å². The molecule has 1 amide bonds. The topological polar surface area (TPSA) is 75.7 Å². The number of aryl methyl sites for hydroxylation is 2. The van der Waals surface area contributed by atoms with Gasteiger partial charge in [0.2, 0.25) is 0 Å². The lowest BCUT2D eigenvalue weighted by atomic mass is 10.1. The summed E-state index contributed by atoms with van der Waals surface area (Å²) in [6.45, 7) is 4.58. The third kappa shape index (κ3) is 5.44. The van der Waals surface area contributed by atoms with Crippen LogP contribution < -0.4 is 14.4 Å². The lowest BCUT2D eigenvalue weighted by Crippen LogP contribution is -2.32. The van der Waals surface area contributed by atoms with Crippen molar-refractivity contribution in [2.75, 3.05) is 24.5 Å². The van der Waals surface area contributed by atoms with E-state index in [0.717, 1.165) is 21.2 Å². The van der Waals surface area contributed by atoms with E-state index in [1.165, 1.54) is 19.2 Å². The number of rotatable bonds is 8. The Kier molecular flexibility index (Phi) is 6.97. The molecule has 0 aromatic heterocycles. The molecule has 0 fully saturated rings. The van der Waals surface area contributed by atoms with Crippen LogP contribution in [0.4, 0.5) is 5.69 Å². The van der Waals surface area contributed by atoms with E-state index >= 15 is 0 Å². The number of nitrogens with one attached hydrogen (secondary N) is 1. The number of para-hydroxylation sites is 1. The summed E-state index contributed by atoms with van der Waals surface area (Å²) in [6, 6.07) is 20.7. The molecular weight excluding hydrogens is 412 g/mol. The Hall–Kier alpha value is -3.32. The first-order chi connectivity index (χ1) is 14.8. The molecule has 0 unspecified atom stereocenters. The van der Waals surface area contributed by atoms with Crippen molar-refractivity contribution in [2.45, 2.75) is 18.7 Å². The van der Waals surface area contributed by atoms with Gasteiger partial charge in [-0.15, -0.1) is 0 Å². The molecule has 0 atom stereocenters. The lowest BCUT2D eigenvalue weighted by molar-refractivity contribution is 0.0947. The van der Waals surface area contributed by atoms with E-state index in [4.69, 9.17) is 4.74 Å². The van der Waals surface area contributed by atoms with E-state index < -0.39 is 10.0 Å². The zero-order valence-corrected chi connectivity index (χ0v) is 18.6. The highest BCUT2D eigenvalue weighted by molar-refractivity contribution is 7.92. The minimum atomic E-state index is -3.79. The average Bonchev–Trinajstić information content (AvgIpc) is 2.76. The zero-order chi connectivity index (χ0) is 22.4. The van der Waals surface area contributed by atoms with Crippen LogP contribution >= 0.6 is 0 Å². The number of hydrogen-bond donors (Lipinski definition) is 1. The Bertz CT molecular complexity index is 1140. The molecule has 1 N–H and O–H groups in total. The second-order valence-corrected chi connectivity index (χ2v) is 9.20. The summed E-state index contributed by atoms with van der Waals surface area (Å²) in [6.07, 6.45) is 0. The van der Waals surface area contributed by atoms with Crippen molar-refractivity contribution in [3.63, 3.8) is 0 Å². The highest BCUT2D eigenvalue weighted by Gasteiger charge is 2.24. The molecule has 7 heteroatoms. The number of hydrogen-bond acceptors (Lipinski definition) is 4. The molecule has 3 rings (SSSR count). The van der Waals surface area contributed by atoms with Crippen LogP contribution in [0, 0.1) is 13.8 Å². The van der Waals surface area contributed by atoms with Crippen LogP contribution in [0.1, 0.15) is 21.5 Å². The van der Waals surface area contributed by atoms with Crippen molar-refractivity contribution in [3.05, 3.63) is 89.5 Å². The first-order valence-corrected chi connectivity index (χ1v) is 11.4. The molecule has 0 radical (unpaired) electrons. The largest absolute Gasteiger partial charge is 0.492 e. The van der Waals surface area contributed by atoms with E-state index in [9.17, 15) is 13.2 Å². The molecule has 0 spiro atoms.